The number of carbonyl (C=O) groups is 2. The lowest BCUT2D eigenvalue weighted by Gasteiger charge is -2.29. The van der Waals surface area contributed by atoms with Gasteiger partial charge in [0.1, 0.15) is 22.1 Å². The van der Waals surface area contributed by atoms with E-state index in [0.29, 0.717) is 26.0 Å². The number of nitriles is 2. The summed E-state index contributed by atoms with van der Waals surface area (Å²) in [5.41, 5.74) is -9.81. The van der Waals surface area contributed by atoms with Crippen LogP contribution in [0.15, 0.2) is 65.5 Å². The number of halogens is 12. The summed E-state index contributed by atoms with van der Waals surface area (Å²) < 4.78 is 171. The van der Waals surface area contributed by atoms with Crippen LogP contribution in [0.3, 0.4) is 0 Å². The Balaban J connectivity index is 0.000000219. The van der Waals surface area contributed by atoms with E-state index in [2.05, 4.69) is 15.0 Å². The number of aromatic amines is 1. The van der Waals surface area contributed by atoms with E-state index in [1.165, 1.54) is 50.8 Å². The Kier molecular flexibility index (Phi) is 13.5. The summed E-state index contributed by atoms with van der Waals surface area (Å²) in [6.45, 7) is 6.61. The van der Waals surface area contributed by atoms with Gasteiger partial charge in [-0.25, -0.2) is 18.7 Å². The van der Waals surface area contributed by atoms with E-state index in [-0.39, 0.29) is 44.2 Å². The molecule has 2 fully saturated rings. The lowest BCUT2D eigenvalue weighted by molar-refractivity contribution is -0.138. The number of carbonyl (C=O) groups excluding carboxylic acids is 2. The number of hydrogen-bond donors (Lipinski definition) is 1. The Labute approximate surface area is 425 Å². The van der Waals surface area contributed by atoms with Gasteiger partial charge in [-0.1, -0.05) is 0 Å². The van der Waals surface area contributed by atoms with E-state index < -0.39 is 115 Å². The van der Waals surface area contributed by atoms with Crippen molar-refractivity contribution in [2.75, 3.05) is 26.7 Å². The number of anilines is 4. The third-order valence-electron chi connectivity index (χ3n) is 11.7. The maximum Gasteiger partial charge on any atom is 0.417 e. The molecule has 75 heavy (non-hydrogen) atoms. The molecule has 0 aliphatic carbocycles. The van der Waals surface area contributed by atoms with Crippen LogP contribution in [0.25, 0.3) is 21.8 Å². The van der Waals surface area contributed by atoms with Crippen LogP contribution in [-0.4, -0.2) is 60.2 Å². The van der Waals surface area contributed by atoms with Gasteiger partial charge in [-0.15, -0.1) is 0 Å². The molecule has 14 nitrogen and oxygen atoms in total. The van der Waals surface area contributed by atoms with Gasteiger partial charge in [0.25, 0.3) is 17.4 Å². The Morgan fingerprint density at radius 3 is 1.39 bits per heavy atom. The van der Waals surface area contributed by atoms with E-state index in [4.69, 9.17) is 39.7 Å². The van der Waals surface area contributed by atoms with Gasteiger partial charge in [0, 0.05) is 25.2 Å². The van der Waals surface area contributed by atoms with Crippen molar-refractivity contribution in [2.24, 2.45) is 0 Å². The number of nitrogens with zero attached hydrogens (tertiary/aromatic N) is 9. The molecule has 2 amide bonds. The highest BCUT2D eigenvalue weighted by molar-refractivity contribution is 7.81. The Morgan fingerprint density at radius 1 is 0.600 bits per heavy atom. The van der Waals surface area contributed by atoms with E-state index in [9.17, 15) is 58.3 Å². The number of rotatable bonds is 7. The summed E-state index contributed by atoms with van der Waals surface area (Å²) in [5, 5.41) is 17.0. The zero-order valence-corrected chi connectivity index (χ0v) is 40.9. The van der Waals surface area contributed by atoms with Crippen LogP contribution in [0.2, 0.25) is 0 Å². The number of fused-ring (bicyclic) bond motifs is 2. The smallest absolute Gasteiger partial charge is 0.417 e. The third-order valence-corrected chi connectivity index (χ3v) is 12.4. The summed E-state index contributed by atoms with van der Waals surface area (Å²) in [6, 6.07) is 12.3. The molecule has 1 N–H and O–H groups in total. The molecule has 2 aliphatic heterocycles. The fourth-order valence-corrected chi connectivity index (χ4v) is 9.12. The van der Waals surface area contributed by atoms with Crippen molar-refractivity contribution in [3.8, 4) is 18.0 Å². The fourth-order valence-electron chi connectivity index (χ4n) is 8.07. The number of amides is 2. The minimum atomic E-state index is -4.90. The largest absolute Gasteiger partial charge is 0.480 e. The highest BCUT2D eigenvalue weighted by Crippen LogP contribution is 2.44. The van der Waals surface area contributed by atoms with Gasteiger partial charge in [-0.2, -0.15) is 59.4 Å². The standard InChI is InChI=1S/C24H17F6N5O2S.C23H15F6N5O2S/c1-22(2)20(36)34(12-6-5-11(10-31)15(8-12)24(28,29)30)21(38)35(22)13-7-14-17(16(25)9-13)32-19(23(3,26)27)33-18(14)37-4;1-21(2)19(36)33(11-5-4-10(9-30)14(7-11)23(27,28)29)20(37)34(21)12-6-13-16(15(24)8-12)31-18(22(3,25)26)32-17(13)35/h5-9H,1-4H3;4-8H,1-3H3,(H,31,32,35). The minimum absolute atomic E-state index is 0.0246. The van der Waals surface area contributed by atoms with Crippen molar-refractivity contribution in [2.45, 2.75) is 76.8 Å². The summed E-state index contributed by atoms with van der Waals surface area (Å²) in [5.74, 6) is -13.1. The predicted octanol–water partition coefficient (Wildman–Crippen LogP) is 10.7. The Morgan fingerprint density at radius 2 is 1.01 bits per heavy atom. The quantitative estimate of drug-likeness (QED) is 0.118. The van der Waals surface area contributed by atoms with Gasteiger partial charge in [0.05, 0.1) is 63.6 Å². The van der Waals surface area contributed by atoms with E-state index in [1.54, 1.807) is 0 Å². The lowest BCUT2D eigenvalue weighted by atomic mass is 10.0. The molecule has 28 heteroatoms. The zero-order chi connectivity index (χ0) is 56.0. The van der Waals surface area contributed by atoms with E-state index in [0.717, 1.165) is 64.3 Å². The molecule has 8 rings (SSSR count). The highest BCUT2D eigenvalue weighted by Gasteiger charge is 2.53. The van der Waals surface area contributed by atoms with Gasteiger partial charge < -0.3 is 19.5 Å². The van der Waals surface area contributed by atoms with Crippen molar-refractivity contribution >= 4 is 91.0 Å². The molecule has 2 aliphatic rings. The molecule has 0 unspecified atom stereocenters. The number of methoxy groups -OCH3 is 1. The molecule has 0 spiro atoms. The average Bonchev–Trinajstić information content (AvgIpc) is 3.60. The van der Waals surface area contributed by atoms with Crippen LogP contribution in [-0.2, 0) is 33.8 Å². The van der Waals surface area contributed by atoms with Crippen LogP contribution in [0.1, 0.15) is 75.4 Å². The molecule has 0 atom stereocenters. The van der Waals surface area contributed by atoms with Gasteiger partial charge in [0.2, 0.25) is 11.7 Å². The molecular formula is C47H32F12N10O4S2. The minimum Gasteiger partial charge on any atom is -0.480 e. The van der Waals surface area contributed by atoms with E-state index >= 15 is 8.78 Å². The van der Waals surface area contributed by atoms with Crippen molar-refractivity contribution in [1.29, 1.82) is 10.5 Å². The van der Waals surface area contributed by atoms with Gasteiger partial charge in [-0.05, 0) is 113 Å². The van der Waals surface area contributed by atoms with Gasteiger partial charge in [-0.3, -0.25) is 24.2 Å². The second kappa shape index (κ2) is 18.4. The van der Waals surface area contributed by atoms with Crippen LogP contribution >= 0.6 is 24.4 Å². The number of ether oxygens (including phenoxy) is 1. The number of alkyl halides is 10. The Bertz CT molecular complexity index is 3600. The van der Waals surface area contributed by atoms with E-state index in [1.807, 2.05) is 4.98 Å². The summed E-state index contributed by atoms with van der Waals surface area (Å²) in [4.78, 5) is 55.9. The normalized spacial score (nSPS) is 15.9. The fraction of sp³-hybridized carbons (Fsp3) is 0.277. The lowest BCUT2D eigenvalue weighted by Crippen LogP contribution is -2.44. The SMILES string of the molecule is CC(F)(F)c1nc2c(F)cc(N3C(=S)N(c4ccc(C#N)c(C(F)(F)F)c4)C(=O)C3(C)C)cc2c(=O)[nH]1.COc1nc(C(C)(F)F)nc2c(F)cc(N3C(=S)N(c4ccc(C#N)c(C(F)(F)F)c4)C(=O)C3(C)C)cc12. The third kappa shape index (κ3) is 9.58. The first-order chi connectivity index (χ1) is 34.5. The van der Waals surface area contributed by atoms with Crippen molar-refractivity contribution in [3.63, 3.8) is 0 Å². The maximum absolute atomic E-state index is 15.2. The first-order valence-corrected chi connectivity index (χ1v) is 22.0. The number of hydrogen-bond acceptors (Lipinski definition) is 11. The molecule has 4 heterocycles. The van der Waals surface area contributed by atoms with Crippen LogP contribution in [0.5, 0.6) is 5.88 Å². The molecule has 0 radical (unpaired) electrons. The van der Waals surface area contributed by atoms with Crippen LogP contribution in [0.4, 0.5) is 75.4 Å². The summed E-state index contributed by atoms with van der Waals surface area (Å²) in [7, 11) is 1.14. The molecule has 2 saturated heterocycles. The summed E-state index contributed by atoms with van der Waals surface area (Å²) >= 11 is 10.8. The van der Waals surface area contributed by atoms with Crippen molar-refractivity contribution in [1.82, 2.24) is 19.9 Å². The molecule has 0 saturated carbocycles. The van der Waals surface area contributed by atoms with Crippen molar-refractivity contribution < 1.29 is 67.0 Å². The summed E-state index contributed by atoms with van der Waals surface area (Å²) in [6.07, 6.45) is -9.78. The maximum atomic E-state index is 15.2. The molecule has 6 aromatic rings. The van der Waals surface area contributed by atoms with Gasteiger partial charge in [0.15, 0.2) is 27.7 Å². The van der Waals surface area contributed by atoms with Crippen molar-refractivity contribution in [3.05, 3.63) is 117 Å². The molecule has 2 aromatic heterocycles. The Hall–Kier alpha value is -7.98. The molecule has 0 bridgehead atoms. The second-order valence-corrected chi connectivity index (χ2v) is 18.4. The highest BCUT2D eigenvalue weighted by atomic mass is 32.1. The molecular weight excluding hydrogens is 1060 g/mol. The number of nitrogens with one attached hydrogen (secondary N) is 1. The van der Waals surface area contributed by atoms with Crippen LogP contribution < -0.4 is 29.9 Å². The predicted molar refractivity (Wildman–Crippen MR) is 253 cm³/mol. The second-order valence-electron chi connectivity index (χ2n) is 17.7. The molecule has 390 valence electrons. The average molecular weight is 1090 g/mol. The topological polar surface area (TPSA) is 175 Å². The van der Waals surface area contributed by atoms with Crippen LogP contribution in [0, 0.1) is 34.3 Å². The molecule has 4 aromatic carbocycles. The number of aromatic nitrogens is 4. The number of thiocarbonyl (C=S) groups is 2. The zero-order valence-electron chi connectivity index (χ0n) is 39.3. The first-order valence-electron chi connectivity index (χ1n) is 21.2. The number of benzene rings is 4. The van der Waals surface area contributed by atoms with Gasteiger partial charge >= 0.3 is 24.2 Å². The monoisotopic (exact) mass is 1090 g/mol. The first kappa shape index (κ1) is 54.8. The number of H-pyrrole nitrogens is 1.